The molecule has 6 heteroatoms. The number of hydrogen-bond donors (Lipinski definition) is 5. The fraction of sp³-hybridized carbons (Fsp3) is 0.667. The van der Waals surface area contributed by atoms with Gasteiger partial charge in [0.25, 0.3) is 5.91 Å². The van der Waals surface area contributed by atoms with Crippen LogP contribution in [0.3, 0.4) is 0 Å². The van der Waals surface area contributed by atoms with Crippen molar-refractivity contribution in [3.63, 3.8) is 0 Å². The molecule has 0 aliphatic heterocycles. The van der Waals surface area contributed by atoms with Crippen LogP contribution < -0.4 is 27.0 Å². The Bertz CT molecular complexity index is 528. The van der Waals surface area contributed by atoms with E-state index in [1.165, 1.54) is 6.42 Å². The molecule has 0 aliphatic rings. The van der Waals surface area contributed by atoms with E-state index in [1.807, 2.05) is 24.3 Å². The van der Waals surface area contributed by atoms with Gasteiger partial charge in [-0.05, 0) is 97.4 Å². The number of rotatable bonds is 14. The average molecular weight is 378 g/mol. The molecule has 1 aromatic rings. The van der Waals surface area contributed by atoms with Gasteiger partial charge in [-0.1, -0.05) is 6.07 Å². The summed E-state index contributed by atoms with van der Waals surface area (Å²) in [5.41, 5.74) is 7.08. The van der Waals surface area contributed by atoms with E-state index in [-0.39, 0.29) is 11.4 Å². The van der Waals surface area contributed by atoms with Crippen LogP contribution in [0.5, 0.6) is 0 Å². The largest absolute Gasteiger partial charge is 0.380 e. The second-order valence-corrected chi connectivity index (χ2v) is 7.91. The highest BCUT2D eigenvalue weighted by atomic mass is 16.1. The quantitative estimate of drug-likeness (QED) is 0.321. The third-order valence-electron chi connectivity index (χ3n) is 3.97. The van der Waals surface area contributed by atoms with Crippen LogP contribution in [0.1, 0.15) is 56.8 Å². The molecule has 0 saturated carbocycles. The minimum atomic E-state index is -0.0265. The number of carbonyl (C=O) groups excluding carboxylic acids is 1. The van der Waals surface area contributed by atoms with Crippen LogP contribution >= 0.6 is 0 Å². The average Bonchev–Trinajstić information content (AvgIpc) is 2.61. The summed E-state index contributed by atoms with van der Waals surface area (Å²) in [6.45, 7) is 11.8. The van der Waals surface area contributed by atoms with Crippen LogP contribution in [0.2, 0.25) is 0 Å². The number of unbranched alkanes of at least 4 members (excludes halogenated alkanes) is 1. The van der Waals surface area contributed by atoms with Crippen LogP contribution in [0, 0.1) is 0 Å². The molecule has 154 valence electrons. The maximum atomic E-state index is 12.3. The zero-order valence-electron chi connectivity index (χ0n) is 17.4. The lowest BCUT2D eigenvalue weighted by Crippen LogP contribution is -2.28. The highest BCUT2D eigenvalue weighted by molar-refractivity contribution is 5.95. The molecule has 0 unspecified atom stereocenters. The molecule has 0 fully saturated rings. The van der Waals surface area contributed by atoms with Gasteiger partial charge in [0.2, 0.25) is 0 Å². The van der Waals surface area contributed by atoms with E-state index in [0.29, 0.717) is 12.1 Å². The summed E-state index contributed by atoms with van der Waals surface area (Å²) in [6.07, 6.45) is 4.31. The molecule has 1 amide bonds. The molecule has 6 nitrogen and oxygen atoms in total. The lowest BCUT2D eigenvalue weighted by Gasteiger charge is -2.22. The van der Waals surface area contributed by atoms with E-state index in [2.05, 4.69) is 42.0 Å². The molecule has 27 heavy (non-hydrogen) atoms. The van der Waals surface area contributed by atoms with E-state index < -0.39 is 0 Å². The Morgan fingerprint density at radius 2 is 1.56 bits per heavy atom. The first-order valence-corrected chi connectivity index (χ1v) is 10.2. The maximum absolute atomic E-state index is 12.3. The van der Waals surface area contributed by atoms with Gasteiger partial charge >= 0.3 is 0 Å². The molecule has 0 spiro atoms. The van der Waals surface area contributed by atoms with Gasteiger partial charge in [-0.25, -0.2) is 0 Å². The lowest BCUT2D eigenvalue weighted by molar-refractivity contribution is 0.0953. The number of hydrogen-bond acceptors (Lipinski definition) is 5. The number of nitrogens with two attached hydrogens (primary N) is 1. The minimum absolute atomic E-state index is 0.0175. The molecule has 0 bridgehead atoms. The first-order chi connectivity index (χ1) is 12.9. The second-order valence-electron chi connectivity index (χ2n) is 7.91. The van der Waals surface area contributed by atoms with E-state index in [9.17, 15) is 4.79 Å². The van der Waals surface area contributed by atoms with Gasteiger partial charge in [-0.2, -0.15) is 0 Å². The van der Waals surface area contributed by atoms with Crippen LogP contribution in [0.15, 0.2) is 24.3 Å². The fourth-order valence-corrected chi connectivity index (χ4v) is 2.67. The molecule has 1 aromatic carbocycles. The Balaban J connectivity index is 2.08. The van der Waals surface area contributed by atoms with Crippen LogP contribution in [-0.2, 0) is 0 Å². The Kier molecular flexibility index (Phi) is 11.7. The van der Waals surface area contributed by atoms with E-state index in [1.54, 1.807) is 0 Å². The van der Waals surface area contributed by atoms with Crippen molar-refractivity contribution in [2.45, 2.75) is 52.0 Å². The summed E-state index contributed by atoms with van der Waals surface area (Å²) in [7, 11) is 0. The molecule has 0 heterocycles. The number of amides is 1. The Morgan fingerprint density at radius 3 is 2.19 bits per heavy atom. The van der Waals surface area contributed by atoms with Crippen molar-refractivity contribution in [2.75, 3.05) is 44.6 Å². The number of benzene rings is 1. The smallest absolute Gasteiger partial charge is 0.251 e. The van der Waals surface area contributed by atoms with Crippen LogP contribution in [-0.4, -0.2) is 50.7 Å². The Hall–Kier alpha value is -1.63. The third-order valence-corrected chi connectivity index (χ3v) is 3.97. The van der Waals surface area contributed by atoms with E-state index in [4.69, 9.17) is 5.73 Å². The minimum Gasteiger partial charge on any atom is -0.380 e. The SMILES string of the molecule is CC(C)(C)Nc1cccc(C(=O)NCCCNCCCCNCCCN)c1. The Morgan fingerprint density at radius 1 is 0.926 bits per heavy atom. The third kappa shape index (κ3) is 12.4. The molecular weight excluding hydrogens is 338 g/mol. The predicted octanol–water partition coefficient (Wildman–Crippen LogP) is 2.33. The summed E-state index contributed by atoms with van der Waals surface area (Å²) in [5, 5.41) is 13.2. The lowest BCUT2D eigenvalue weighted by atomic mass is 10.1. The fourth-order valence-electron chi connectivity index (χ4n) is 2.67. The number of nitrogens with one attached hydrogen (secondary N) is 4. The molecule has 6 N–H and O–H groups in total. The topological polar surface area (TPSA) is 91.2 Å². The standard InChI is InChI=1S/C21H39N5O/c1-21(2,3)26-19-10-6-9-18(17-19)20(27)25-16-8-15-24-13-5-4-12-23-14-7-11-22/h6,9-10,17,23-24,26H,4-5,7-8,11-16,22H2,1-3H3,(H,25,27). The monoisotopic (exact) mass is 377 g/mol. The van der Waals surface area contributed by atoms with Crippen molar-refractivity contribution >= 4 is 11.6 Å². The van der Waals surface area contributed by atoms with Crippen molar-refractivity contribution < 1.29 is 4.79 Å². The normalized spacial score (nSPS) is 11.4. The van der Waals surface area contributed by atoms with Gasteiger partial charge in [-0.3, -0.25) is 4.79 Å². The van der Waals surface area contributed by atoms with Crippen molar-refractivity contribution in [3.8, 4) is 0 Å². The molecule has 0 atom stereocenters. The Labute approximate surface area is 165 Å². The molecule has 0 radical (unpaired) electrons. The number of carbonyl (C=O) groups is 1. The summed E-state index contributed by atoms with van der Waals surface area (Å²) in [6, 6.07) is 7.65. The summed E-state index contributed by atoms with van der Waals surface area (Å²) < 4.78 is 0. The van der Waals surface area contributed by atoms with Crippen LogP contribution in [0.4, 0.5) is 5.69 Å². The highest BCUT2D eigenvalue weighted by Crippen LogP contribution is 2.16. The van der Waals surface area contributed by atoms with Crippen molar-refractivity contribution in [1.29, 1.82) is 0 Å². The van der Waals surface area contributed by atoms with Gasteiger partial charge in [-0.15, -0.1) is 0 Å². The van der Waals surface area contributed by atoms with E-state index >= 15 is 0 Å². The van der Waals surface area contributed by atoms with E-state index in [0.717, 1.165) is 57.7 Å². The first kappa shape index (κ1) is 23.4. The van der Waals surface area contributed by atoms with Gasteiger partial charge < -0.3 is 27.0 Å². The molecule has 1 rings (SSSR count). The van der Waals surface area contributed by atoms with Crippen LogP contribution in [0.25, 0.3) is 0 Å². The maximum Gasteiger partial charge on any atom is 0.251 e. The second kappa shape index (κ2) is 13.5. The first-order valence-electron chi connectivity index (χ1n) is 10.2. The van der Waals surface area contributed by atoms with Crippen molar-refractivity contribution in [1.82, 2.24) is 16.0 Å². The van der Waals surface area contributed by atoms with Crippen molar-refractivity contribution in [2.24, 2.45) is 5.73 Å². The highest BCUT2D eigenvalue weighted by Gasteiger charge is 2.11. The zero-order valence-corrected chi connectivity index (χ0v) is 17.4. The molecule has 0 saturated heterocycles. The van der Waals surface area contributed by atoms with Gasteiger partial charge in [0.05, 0.1) is 0 Å². The zero-order chi connectivity index (χ0) is 20.0. The van der Waals surface area contributed by atoms with Gasteiger partial charge in [0, 0.05) is 23.3 Å². The summed E-state index contributed by atoms with van der Waals surface area (Å²) >= 11 is 0. The van der Waals surface area contributed by atoms with Gasteiger partial charge in [0.1, 0.15) is 0 Å². The molecule has 0 aromatic heterocycles. The summed E-state index contributed by atoms with van der Waals surface area (Å²) in [4.78, 5) is 12.3. The molecule has 0 aliphatic carbocycles. The number of anilines is 1. The van der Waals surface area contributed by atoms with Crippen molar-refractivity contribution in [3.05, 3.63) is 29.8 Å². The van der Waals surface area contributed by atoms with Gasteiger partial charge in [0.15, 0.2) is 0 Å². The summed E-state index contributed by atoms with van der Waals surface area (Å²) in [5.74, 6) is -0.0175. The molecular formula is C21H39N5O. The predicted molar refractivity (Wildman–Crippen MR) is 115 cm³/mol.